The SMILES string of the molecule is COCCOC(=O)c1ccnc(C(=O)OCCOC)c1. The number of aromatic nitrogens is 1. The van der Waals surface area contributed by atoms with E-state index in [-0.39, 0.29) is 24.5 Å². The molecule has 7 heteroatoms. The van der Waals surface area contributed by atoms with Crippen LogP contribution in [0.3, 0.4) is 0 Å². The van der Waals surface area contributed by atoms with Gasteiger partial charge in [0.25, 0.3) is 0 Å². The summed E-state index contributed by atoms with van der Waals surface area (Å²) in [7, 11) is 3.01. The Kier molecular flexibility index (Phi) is 7.23. The van der Waals surface area contributed by atoms with E-state index in [1.165, 1.54) is 32.5 Å². The van der Waals surface area contributed by atoms with Crippen LogP contribution in [0, 0.1) is 0 Å². The molecule has 0 saturated carbocycles. The van der Waals surface area contributed by atoms with Crippen LogP contribution in [-0.2, 0) is 18.9 Å². The number of esters is 2. The van der Waals surface area contributed by atoms with E-state index >= 15 is 0 Å². The van der Waals surface area contributed by atoms with Crippen molar-refractivity contribution in [2.24, 2.45) is 0 Å². The van der Waals surface area contributed by atoms with Crippen LogP contribution in [0.1, 0.15) is 20.8 Å². The molecule has 1 aromatic heterocycles. The number of hydrogen-bond acceptors (Lipinski definition) is 7. The molecule has 1 heterocycles. The molecule has 0 atom stereocenters. The van der Waals surface area contributed by atoms with Crippen LogP contribution in [0.2, 0.25) is 0 Å². The Morgan fingerprint density at radius 3 is 2.20 bits per heavy atom. The van der Waals surface area contributed by atoms with Crippen LogP contribution < -0.4 is 0 Å². The summed E-state index contributed by atoms with van der Waals surface area (Å²) < 4.78 is 19.4. The second-order valence-corrected chi connectivity index (χ2v) is 3.69. The number of methoxy groups -OCH3 is 2. The van der Waals surface area contributed by atoms with Gasteiger partial charge in [-0.3, -0.25) is 0 Å². The molecular weight excluding hydrogens is 266 g/mol. The lowest BCUT2D eigenvalue weighted by atomic mass is 10.2. The fourth-order valence-corrected chi connectivity index (χ4v) is 1.26. The first-order valence-electron chi connectivity index (χ1n) is 5.97. The van der Waals surface area contributed by atoms with E-state index in [4.69, 9.17) is 18.9 Å². The molecule has 0 saturated heterocycles. The average Bonchev–Trinajstić information content (AvgIpc) is 2.47. The minimum atomic E-state index is -0.617. The minimum Gasteiger partial charge on any atom is -0.460 e. The predicted molar refractivity (Wildman–Crippen MR) is 68.6 cm³/mol. The van der Waals surface area contributed by atoms with Crippen LogP contribution in [0.4, 0.5) is 0 Å². The highest BCUT2D eigenvalue weighted by molar-refractivity contribution is 5.93. The highest BCUT2D eigenvalue weighted by atomic mass is 16.6. The van der Waals surface area contributed by atoms with E-state index in [1.54, 1.807) is 0 Å². The topological polar surface area (TPSA) is 84.0 Å². The molecule has 0 aliphatic heterocycles. The number of pyridine rings is 1. The Balaban J connectivity index is 2.60. The van der Waals surface area contributed by atoms with E-state index in [0.29, 0.717) is 13.2 Å². The lowest BCUT2D eigenvalue weighted by molar-refractivity contribution is 0.0379. The van der Waals surface area contributed by atoms with Gasteiger partial charge in [-0.1, -0.05) is 0 Å². The molecular formula is C13H17NO6. The Bertz CT molecular complexity index is 411. The van der Waals surface area contributed by atoms with E-state index in [2.05, 4.69) is 4.98 Å². The number of nitrogens with zero attached hydrogens (tertiary/aromatic N) is 1. The molecule has 0 aromatic carbocycles. The van der Waals surface area contributed by atoms with Crippen molar-refractivity contribution >= 4 is 11.9 Å². The Hall–Kier alpha value is -1.99. The Labute approximate surface area is 116 Å². The summed E-state index contributed by atoms with van der Waals surface area (Å²) in [5.74, 6) is -1.16. The monoisotopic (exact) mass is 283 g/mol. The molecule has 0 N–H and O–H groups in total. The molecule has 0 aliphatic rings. The van der Waals surface area contributed by atoms with Crippen LogP contribution in [0.15, 0.2) is 18.3 Å². The van der Waals surface area contributed by atoms with E-state index < -0.39 is 11.9 Å². The molecule has 0 amide bonds. The molecule has 7 nitrogen and oxygen atoms in total. The molecule has 20 heavy (non-hydrogen) atoms. The van der Waals surface area contributed by atoms with Crippen LogP contribution in [0.5, 0.6) is 0 Å². The van der Waals surface area contributed by atoms with Gasteiger partial charge in [0.2, 0.25) is 0 Å². The maximum Gasteiger partial charge on any atom is 0.357 e. The van der Waals surface area contributed by atoms with Gasteiger partial charge in [-0.15, -0.1) is 0 Å². The van der Waals surface area contributed by atoms with Gasteiger partial charge in [-0.25, -0.2) is 14.6 Å². The van der Waals surface area contributed by atoms with Crippen molar-refractivity contribution in [1.29, 1.82) is 0 Å². The summed E-state index contributed by atoms with van der Waals surface area (Å²) in [5.41, 5.74) is 0.275. The average molecular weight is 283 g/mol. The molecule has 1 rings (SSSR count). The van der Waals surface area contributed by atoms with Crippen molar-refractivity contribution in [2.45, 2.75) is 0 Å². The van der Waals surface area contributed by atoms with Crippen LogP contribution in [-0.4, -0.2) is 57.6 Å². The maximum atomic E-state index is 11.7. The Morgan fingerprint density at radius 1 is 1.00 bits per heavy atom. The highest BCUT2D eigenvalue weighted by Crippen LogP contribution is 2.05. The molecule has 1 aromatic rings. The van der Waals surface area contributed by atoms with E-state index in [0.717, 1.165) is 0 Å². The minimum absolute atomic E-state index is 0.0438. The third-order valence-electron chi connectivity index (χ3n) is 2.25. The highest BCUT2D eigenvalue weighted by Gasteiger charge is 2.13. The van der Waals surface area contributed by atoms with Crippen molar-refractivity contribution in [3.05, 3.63) is 29.6 Å². The first-order chi connectivity index (χ1) is 9.69. The number of carbonyl (C=O) groups excluding carboxylic acids is 2. The van der Waals surface area contributed by atoms with Crippen molar-refractivity contribution in [3.63, 3.8) is 0 Å². The molecule has 0 spiro atoms. The fraction of sp³-hybridized carbons (Fsp3) is 0.462. The van der Waals surface area contributed by atoms with Gasteiger partial charge in [-0.05, 0) is 12.1 Å². The molecule has 0 aliphatic carbocycles. The quantitative estimate of drug-likeness (QED) is 0.512. The van der Waals surface area contributed by atoms with Gasteiger partial charge < -0.3 is 18.9 Å². The van der Waals surface area contributed by atoms with Crippen molar-refractivity contribution < 1.29 is 28.5 Å². The number of hydrogen-bond donors (Lipinski definition) is 0. The zero-order valence-electron chi connectivity index (χ0n) is 11.5. The summed E-state index contributed by atoms with van der Waals surface area (Å²) in [5, 5.41) is 0. The second-order valence-electron chi connectivity index (χ2n) is 3.69. The fourth-order valence-electron chi connectivity index (χ4n) is 1.26. The van der Waals surface area contributed by atoms with Gasteiger partial charge in [0, 0.05) is 20.4 Å². The second kappa shape index (κ2) is 9.00. The molecule has 0 unspecified atom stereocenters. The third-order valence-corrected chi connectivity index (χ3v) is 2.25. The van der Waals surface area contributed by atoms with E-state index in [1.807, 2.05) is 0 Å². The summed E-state index contributed by atoms with van der Waals surface area (Å²) in [6.45, 7) is 0.873. The van der Waals surface area contributed by atoms with Crippen LogP contribution in [0.25, 0.3) is 0 Å². The van der Waals surface area contributed by atoms with Crippen molar-refractivity contribution in [3.8, 4) is 0 Å². The van der Waals surface area contributed by atoms with Crippen molar-refractivity contribution in [2.75, 3.05) is 40.6 Å². The lowest BCUT2D eigenvalue weighted by Gasteiger charge is -2.06. The van der Waals surface area contributed by atoms with Gasteiger partial charge in [0.1, 0.15) is 18.9 Å². The largest absolute Gasteiger partial charge is 0.460 e. The summed E-state index contributed by atoms with van der Waals surface area (Å²) in [6.07, 6.45) is 1.35. The normalized spacial score (nSPS) is 10.1. The molecule has 0 bridgehead atoms. The lowest BCUT2D eigenvalue weighted by Crippen LogP contribution is -2.14. The Morgan fingerprint density at radius 2 is 1.60 bits per heavy atom. The third kappa shape index (κ3) is 5.33. The van der Waals surface area contributed by atoms with Crippen LogP contribution >= 0.6 is 0 Å². The van der Waals surface area contributed by atoms with E-state index in [9.17, 15) is 9.59 Å². The standard InChI is InChI=1S/C13H17NO6/c1-17-5-7-19-12(15)10-3-4-14-11(9-10)13(16)20-8-6-18-2/h3-4,9H,5-8H2,1-2H3. The number of rotatable bonds is 8. The van der Waals surface area contributed by atoms with Gasteiger partial charge in [0.15, 0.2) is 0 Å². The van der Waals surface area contributed by atoms with Gasteiger partial charge in [0.05, 0.1) is 18.8 Å². The summed E-state index contributed by atoms with van der Waals surface area (Å²) in [6, 6.07) is 2.78. The molecule has 0 radical (unpaired) electrons. The summed E-state index contributed by atoms with van der Waals surface area (Å²) >= 11 is 0. The van der Waals surface area contributed by atoms with Gasteiger partial charge >= 0.3 is 11.9 Å². The molecule has 0 fully saturated rings. The first-order valence-corrected chi connectivity index (χ1v) is 5.97. The number of ether oxygens (including phenoxy) is 4. The number of carbonyl (C=O) groups is 2. The zero-order valence-corrected chi connectivity index (χ0v) is 11.5. The first kappa shape index (κ1) is 16.1. The molecule has 110 valence electrons. The predicted octanol–water partition coefficient (Wildman–Crippen LogP) is 0.688. The summed E-state index contributed by atoms with van der Waals surface area (Å²) in [4.78, 5) is 27.2. The zero-order chi connectivity index (χ0) is 14.8. The maximum absolute atomic E-state index is 11.7. The van der Waals surface area contributed by atoms with Gasteiger partial charge in [-0.2, -0.15) is 0 Å². The smallest absolute Gasteiger partial charge is 0.357 e. The van der Waals surface area contributed by atoms with Crippen molar-refractivity contribution in [1.82, 2.24) is 4.98 Å².